The first kappa shape index (κ1) is 16.9. The first-order valence-corrected chi connectivity index (χ1v) is 8.82. The lowest BCUT2D eigenvalue weighted by atomic mass is 10.1. The number of nitrogen functional groups attached to an aromatic ring is 1. The van der Waals surface area contributed by atoms with Gasteiger partial charge in [0.15, 0.2) is 5.58 Å². The number of aromatic nitrogens is 2. The van der Waals surface area contributed by atoms with E-state index in [0.29, 0.717) is 22.7 Å². The van der Waals surface area contributed by atoms with Crippen LogP contribution in [0.25, 0.3) is 28.2 Å². The number of benzene rings is 2. The maximum Gasteiger partial charge on any atom is 0.262 e. The third-order valence-electron chi connectivity index (χ3n) is 4.96. The molecule has 3 heterocycles. The maximum atomic E-state index is 12.6. The number of nitrogens with zero attached hydrogens (tertiary/aromatic N) is 2. The number of imide groups is 1. The van der Waals surface area contributed by atoms with Crippen LogP contribution in [0.1, 0.15) is 26.3 Å². The fourth-order valence-electron chi connectivity index (χ4n) is 3.53. The third kappa shape index (κ3) is 2.46. The van der Waals surface area contributed by atoms with Gasteiger partial charge in [-0.05, 0) is 36.8 Å². The Bertz CT molecular complexity index is 1410. The molecular weight excluding hydrogens is 372 g/mol. The number of nitrogens with one attached hydrogen (secondary N) is 1. The zero-order valence-corrected chi connectivity index (χ0v) is 15.2. The SMILES string of the molecule is Cc1ccccc1-c1nc2cc(-n3c(N)c4c(cc3=O)C(=O)NC4=O)ccc2o1. The zero-order valence-electron chi connectivity index (χ0n) is 15.2. The number of pyridine rings is 1. The number of nitrogens with two attached hydrogens (primary N) is 1. The average molecular weight is 386 g/mol. The molecule has 8 nitrogen and oxygen atoms in total. The molecule has 1 aliphatic rings. The molecule has 0 bridgehead atoms. The van der Waals surface area contributed by atoms with Gasteiger partial charge in [0.05, 0.1) is 16.8 Å². The summed E-state index contributed by atoms with van der Waals surface area (Å²) < 4.78 is 7.03. The Morgan fingerprint density at radius 2 is 1.79 bits per heavy atom. The summed E-state index contributed by atoms with van der Waals surface area (Å²) in [7, 11) is 0. The molecule has 2 amide bonds. The molecule has 2 aromatic carbocycles. The topological polar surface area (TPSA) is 120 Å². The molecule has 0 saturated carbocycles. The summed E-state index contributed by atoms with van der Waals surface area (Å²) in [4.78, 5) is 41.0. The summed E-state index contributed by atoms with van der Waals surface area (Å²) in [6.07, 6.45) is 0. The van der Waals surface area contributed by atoms with Crippen molar-refractivity contribution in [3.8, 4) is 17.1 Å². The van der Waals surface area contributed by atoms with E-state index in [1.54, 1.807) is 18.2 Å². The van der Waals surface area contributed by atoms with Gasteiger partial charge in [0.2, 0.25) is 5.89 Å². The minimum absolute atomic E-state index is 0.00421. The minimum Gasteiger partial charge on any atom is -0.436 e. The first-order chi connectivity index (χ1) is 13.9. The van der Waals surface area contributed by atoms with Crippen molar-refractivity contribution < 1.29 is 14.0 Å². The van der Waals surface area contributed by atoms with Crippen LogP contribution in [0, 0.1) is 6.92 Å². The summed E-state index contributed by atoms with van der Waals surface area (Å²) in [6.45, 7) is 1.97. The predicted molar refractivity (Wildman–Crippen MR) is 106 cm³/mol. The lowest BCUT2D eigenvalue weighted by Crippen LogP contribution is -2.24. The number of carbonyl (C=O) groups excluding carboxylic acids is 2. The van der Waals surface area contributed by atoms with Crippen LogP contribution >= 0.6 is 0 Å². The molecule has 1 aliphatic heterocycles. The normalized spacial score (nSPS) is 13.0. The minimum atomic E-state index is -0.629. The highest BCUT2D eigenvalue weighted by atomic mass is 16.3. The average Bonchev–Trinajstić information content (AvgIpc) is 3.22. The number of oxazole rings is 1. The van der Waals surface area contributed by atoms with Gasteiger partial charge in [0.25, 0.3) is 17.4 Å². The number of amides is 2. The molecule has 0 radical (unpaired) electrons. The summed E-state index contributed by atoms with van der Waals surface area (Å²) in [5, 5.41) is 2.15. The van der Waals surface area contributed by atoms with Crippen LogP contribution in [0.3, 0.4) is 0 Å². The molecule has 0 spiro atoms. The van der Waals surface area contributed by atoms with Crippen LogP contribution in [0.15, 0.2) is 57.7 Å². The standard InChI is InChI=1S/C21H14N4O4/c1-10-4-2-3-5-12(10)21-23-14-8-11(6-7-15(14)29-21)25-16(26)9-13-17(18(25)22)20(28)24-19(13)27/h2-9H,22H2,1H3,(H,24,27,28). The highest BCUT2D eigenvalue weighted by molar-refractivity contribution is 6.23. The van der Waals surface area contributed by atoms with Crippen molar-refractivity contribution in [2.75, 3.05) is 5.73 Å². The molecule has 3 N–H and O–H groups in total. The largest absolute Gasteiger partial charge is 0.436 e. The van der Waals surface area contributed by atoms with Gasteiger partial charge in [-0.25, -0.2) is 4.98 Å². The van der Waals surface area contributed by atoms with Gasteiger partial charge < -0.3 is 10.2 Å². The molecule has 0 unspecified atom stereocenters. The van der Waals surface area contributed by atoms with Crippen LogP contribution in [0.4, 0.5) is 5.82 Å². The van der Waals surface area contributed by atoms with E-state index in [-0.39, 0.29) is 16.9 Å². The molecule has 8 heteroatoms. The Morgan fingerprint density at radius 3 is 2.59 bits per heavy atom. The van der Waals surface area contributed by atoms with Gasteiger partial charge in [0, 0.05) is 11.6 Å². The Labute approximate surface area is 163 Å². The second-order valence-corrected chi connectivity index (χ2v) is 6.76. The predicted octanol–water partition coefficient (Wildman–Crippen LogP) is 2.42. The van der Waals surface area contributed by atoms with E-state index in [2.05, 4.69) is 10.3 Å². The number of hydrogen-bond acceptors (Lipinski definition) is 6. The van der Waals surface area contributed by atoms with E-state index in [1.165, 1.54) is 4.57 Å². The van der Waals surface area contributed by atoms with Crippen molar-refractivity contribution in [3.05, 3.63) is 75.6 Å². The van der Waals surface area contributed by atoms with Gasteiger partial charge in [-0.3, -0.25) is 24.3 Å². The van der Waals surface area contributed by atoms with E-state index in [9.17, 15) is 14.4 Å². The van der Waals surface area contributed by atoms with Crippen molar-refractivity contribution in [3.63, 3.8) is 0 Å². The number of anilines is 1. The van der Waals surface area contributed by atoms with E-state index >= 15 is 0 Å². The summed E-state index contributed by atoms with van der Waals surface area (Å²) in [6, 6.07) is 13.8. The Morgan fingerprint density at radius 1 is 1.00 bits per heavy atom. The van der Waals surface area contributed by atoms with Gasteiger partial charge in [0.1, 0.15) is 11.3 Å². The van der Waals surface area contributed by atoms with Gasteiger partial charge in [-0.1, -0.05) is 18.2 Å². The fraction of sp³-hybridized carbons (Fsp3) is 0.0476. The lowest BCUT2D eigenvalue weighted by Gasteiger charge is -2.11. The van der Waals surface area contributed by atoms with Crippen molar-refractivity contribution in [1.82, 2.24) is 14.9 Å². The Kier molecular flexibility index (Phi) is 3.44. The van der Waals surface area contributed by atoms with Crippen LogP contribution < -0.4 is 16.6 Å². The van der Waals surface area contributed by atoms with E-state index in [4.69, 9.17) is 10.2 Å². The number of carbonyl (C=O) groups is 2. The van der Waals surface area contributed by atoms with Crippen molar-refractivity contribution in [1.29, 1.82) is 0 Å². The fourth-order valence-corrected chi connectivity index (χ4v) is 3.53. The third-order valence-corrected chi connectivity index (χ3v) is 4.96. The zero-order chi connectivity index (χ0) is 20.3. The Balaban J connectivity index is 1.69. The number of aryl methyl sites for hydroxylation is 1. The van der Waals surface area contributed by atoms with Crippen molar-refractivity contribution >= 4 is 28.7 Å². The maximum absolute atomic E-state index is 12.6. The monoisotopic (exact) mass is 386 g/mol. The van der Waals surface area contributed by atoms with E-state index in [1.807, 2.05) is 31.2 Å². The molecule has 142 valence electrons. The number of fused-ring (bicyclic) bond motifs is 2. The lowest BCUT2D eigenvalue weighted by molar-refractivity contribution is 0.0880. The summed E-state index contributed by atoms with van der Waals surface area (Å²) in [5.41, 5.74) is 8.94. The van der Waals surface area contributed by atoms with Crippen molar-refractivity contribution in [2.24, 2.45) is 0 Å². The Hall–Kier alpha value is -4.20. The quantitative estimate of drug-likeness (QED) is 0.511. The highest BCUT2D eigenvalue weighted by Gasteiger charge is 2.31. The second kappa shape index (κ2) is 5.90. The van der Waals surface area contributed by atoms with Gasteiger partial charge >= 0.3 is 0 Å². The van der Waals surface area contributed by atoms with Crippen LogP contribution in [-0.2, 0) is 0 Å². The van der Waals surface area contributed by atoms with Gasteiger partial charge in [-0.2, -0.15) is 0 Å². The van der Waals surface area contributed by atoms with Gasteiger partial charge in [-0.15, -0.1) is 0 Å². The molecular formula is C21H14N4O4. The number of hydrogen-bond donors (Lipinski definition) is 2. The summed E-state index contributed by atoms with van der Waals surface area (Å²) >= 11 is 0. The molecule has 5 rings (SSSR count). The van der Waals surface area contributed by atoms with Crippen LogP contribution in [0.5, 0.6) is 0 Å². The smallest absolute Gasteiger partial charge is 0.262 e. The molecule has 0 fully saturated rings. The van der Waals surface area contributed by atoms with Crippen LogP contribution in [-0.4, -0.2) is 21.4 Å². The van der Waals surface area contributed by atoms with E-state index in [0.717, 1.165) is 17.2 Å². The molecule has 0 aliphatic carbocycles. The molecule has 4 aromatic rings. The van der Waals surface area contributed by atoms with E-state index < -0.39 is 17.4 Å². The molecule has 0 saturated heterocycles. The highest BCUT2D eigenvalue weighted by Crippen LogP contribution is 2.29. The first-order valence-electron chi connectivity index (χ1n) is 8.82. The second-order valence-electron chi connectivity index (χ2n) is 6.76. The number of rotatable bonds is 2. The van der Waals surface area contributed by atoms with Crippen LogP contribution in [0.2, 0.25) is 0 Å². The molecule has 2 aromatic heterocycles. The molecule has 29 heavy (non-hydrogen) atoms. The molecule has 0 atom stereocenters. The van der Waals surface area contributed by atoms with Crippen molar-refractivity contribution in [2.45, 2.75) is 6.92 Å². The summed E-state index contributed by atoms with van der Waals surface area (Å²) in [5.74, 6) is -0.885.